The van der Waals surface area contributed by atoms with Gasteiger partial charge >= 0.3 is 0 Å². The third kappa shape index (κ3) is 2.25. The van der Waals surface area contributed by atoms with Crippen LogP contribution in [0.3, 0.4) is 0 Å². The minimum absolute atomic E-state index is 0.0323. The van der Waals surface area contributed by atoms with E-state index in [0.29, 0.717) is 17.0 Å². The molecule has 0 saturated heterocycles. The lowest BCUT2D eigenvalue weighted by Crippen LogP contribution is -1.97. The molecule has 0 spiro atoms. The molecule has 2 aromatic heterocycles. The Morgan fingerprint density at radius 3 is 2.75 bits per heavy atom. The minimum atomic E-state index is -0.0323. The number of furan rings is 1. The molecule has 0 aliphatic rings. The summed E-state index contributed by atoms with van der Waals surface area (Å²) >= 11 is 0. The first-order valence-corrected chi connectivity index (χ1v) is 4.95. The summed E-state index contributed by atoms with van der Waals surface area (Å²) in [6.45, 7) is 1.52. The van der Waals surface area contributed by atoms with Crippen molar-refractivity contribution >= 4 is 17.4 Å². The lowest BCUT2D eigenvalue weighted by molar-refractivity contribution is -0.111. The Morgan fingerprint density at radius 1 is 1.31 bits per heavy atom. The number of aromatic nitrogens is 1. The molecule has 0 amide bonds. The molecule has 0 unspecified atom stereocenters. The molecule has 16 heavy (non-hydrogen) atoms. The first-order valence-electron chi connectivity index (χ1n) is 4.95. The monoisotopic (exact) mass is 213 g/mol. The summed E-state index contributed by atoms with van der Waals surface area (Å²) in [5.41, 5.74) is 1.21. The van der Waals surface area contributed by atoms with Crippen molar-refractivity contribution in [2.24, 2.45) is 0 Å². The van der Waals surface area contributed by atoms with Gasteiger partial charge in [-0.25, -0.2) is 0 Å². The number of allylic oxidation sites excluding steroid dienone is 1. The van der Waals surface area contributed by atoms with Crippen LogP contribution >= 0.6 is 0 Å². The molecule has 0 fully saturated rings. The van der Waals surface area contributed by atoms with E-state index in [-0.39, 0.29) is 5.78 Å². The van der Waals surface area contributed by atoms with E-state index >= 15 is 0 Å². The maximum absolute atomic E-state index is 11.5. The van der Waals surface area contributed by atoms with Crippen molar-refractivity contribution in [3.63, 3.8) is 0 Å². The number of nitrogens with zero attached hydrogens (tertiary/aromatic N) is 1. The van der Waals surface area contributed by atoms with Crippen LogP contribution in [0.5, 0.6) is 0 Å². The minimum Gasteiger partial charge on any atom is -0.465 e. The highest BCUT2D eigenvalue weighted by atomic mass is 16.3. The normalized spacial score (nSPS) is 11.4. The van der Waals surface area contributed by atoms with E-state index in [0.717, 1.165) is 0 Å². The van der Waals surface area contributed by atoms with Crippen LogP contribution in [0.4, 0.5) is 0 Å². The van der Waals surface area contributed by atoms with E-state index in [2.05, 4.69) is 4.98 Å². The van der Waals surface area contributed by atoms with Crippen LogP contribution in [0.2, 0.25) is 0 Å². The zero-order chi connectivity index (χ0) is 11.4. The van der Waals surface area contributed by atoms with Crippen molar-refractivity contribution in [2.45, 2.75) is 6.92 Å². The van der Waals surface area contributed by atoms with Crippen molar-refractivity contribution in [1.29, 1.82) is 0 Å². The quantitative estimate of drug-likeness (QED) is 0.736. The van der Waals surface area contributed by atoms with E-state index in [1.165, 1.54) is 6.92 Å². The Kier molecular flexibility index (Phi) is 2.96. The topological polar surface area (TPSA) is 43.1 Å². The van der Waals surface area contributed by atoms with Gasteiger partial charge in [0, 0.05) is 11.8 Å². The third-order valence-electron chi connectivity index (χ3n) is 2.15. The van der Waals surface area contributed by atoms with Crippen molar-refractivity contribution in [1.82, 2.24) is 4.98 Å². The molecule has 2 heterocycles. The summed E-state index contributed by atoms with van der Waals surface area (Å²) in [6, 6.07) is 9.04. The van der Waals surface area contributed by atoms with Crippen LogP contribution in [0.25, 0.3) is 11.6 Å². The van der Waals surface area contributed by atoms with Crippen molar-refractivity contribution in [3.8, 4) is 0 Å². The molecule has 0 aliphatic heterocycles. The number of carbonyl (C=O) groups excluding carboxylic acids is 1. The van der Waals surface area contributed by atoms with E-state index in [1.54, 1.807) is 36.7 Å². The average molecular weight is 213 g/mol. The van der Waals surface area contributed by atoms with E-state index in [4.69, 9.17) is 4.42 Å². The molecule has 0 aliphatic carbocycles. The Bertz CT molecular complexity index is 498. The van der Waals surface area contributed by atoms with Crippen LogP contribution in [0.15, 0.2) is 47.2 Å². The van der Waals surface area contributed by atoms with Crippen molar-refractivity contribution < 1.29 is 9.21 Å². The van der Waals surface area contributed by atoms with Gasteiger partial charge in [-0.15, -0.1) is 0 Å². The van der Waals surface area contributed by atoms with Crippen LogP contribution in [0.1, 0.15) is 18.4 Å². The summed E-state index contributed by atoms with van der Waals surface area (Å²) in [4.78, 5) is 15.7. The molecule has 0 atom stereocenters. The fourth-order valence-electron chi connectivity index (χ4n) is 1.39. The number of hydrogen-bond acceptors (Lipinski definition) is 3. The maximum Gasteiger partial charge on any atom is 0.162 e. The molecular formula is C13H11NO2. The maximum atomic E-state index is 11.5. The van der Waals surface area contributed by atoms with Crippen LogP contribution in [-0.4, -0.2) is 10.8 Å². The second-order valence-electron chi connectivity index (χ2n) is 3.34. The summed E-state index contributed by atoms with van der Waals surface area (Å²) in [7, 11) is 0. The highest BCUT2D eigenvalue weighted by molar-refractivity contribution is 6.23. The van der Waals surface area contributed by atoms with Crippen LogP contribution in [0, 0.1) is 0 Å². The van der Waals surface area contributed by atoms with Crippen LogP contribution in [-0.2, 0) is 4.79 Å². The number of rotatable bonds is 3. The number of Topliss-reactive ketones (excluding diaryl/α,β-unsaturated/α-hetero) is 1. The SMILES string of the molecule is CC(=O)/C(=C/c1ccco1)c1ccccn1. The van der Waals surface area contributed by atoms with Crippen molar-refractivity contribution in [3.05, 3.63) is 54.2 Å². The number of pyridine rings is 1. The van der Waals surface area contributed by atoms with E-state index in [9.17, 15) is 4.79 Å². The Labute approximate surface area is 93.4 Å². The zero-order valence-corrected chi connectivity index (χ0v) is 8.88. The standard InChI is InChI=1S/C13H11NO2/c1-10(15)12(9-11-5-4-8-16-11)13-6-2-3-7-14-13/h2-9H,1H3/b12-9-. The molecular weight excluding hydrogens is 202 g/mol. The molecule has 0 N–H and O–H groups in total. The molecule has 0 aromatic carbocycles. The fourth-order valence-corrected chi connectivity index (χ4v) is 1.39. The van der Waals surface area contributed by atoms with Gasteiger partial charge in [-0.3, -0.25) is 9.78 Å². The average Bonchev–Trinajstić information content (AvgIpc) is 2.79. The lowest BCUT2D eigenvalue weighted by Gasteiger charge is -2.01. The molecule has 80 valence electrons. The Balaban J connectivity index is 2.43. The predicted molar refractivity (Wildman–Crippen MR) is 61.5 cm³/mol. The van der Waals surface area contributed by atoms with Gasteiger partial charge in [-0.1, -0.05) is 6.07 Å². The van der Waals surface area contributed by atoms with Gasteiger partial charge in [0.2, 0.25) is 0 Å². The number of hydrogen-bond donors (Lipinski definition) is 0. The lowest BCUT2D eigenvalue weighted by atomic mass is 10.1. The van der Waals surface area contributed by atoms with Gasteiger partial charge in [0.05, 0.1) is 12.0 Å². The number of ketones is 1. The van der Waals surface area contributed by atoms with Gasteiger partial charge in [0.25, 0.3) is 0 Å². The first kappa shape index (κ1) is 10.4. The summed E-state index contributed by atoms with van der Waals surface area (Å²) in [6.07, 6.45) is 4.93. The second-order valence-corrected chi connectivity index (χ2v) is 3.34. The molecule has 0 saturated carbocycles. The number of carbonyl (C=O) groups is 1. The first-order chi connectivity index (χ1) is 7.77. The van der Waals surface area contributed by atoms with Gasteiger partial charge in [0.15, 0.2) is 5.78 Å². The fraction of sp³-hybridized carbons (Fsp3) is 0.0769. The third-order valence-corrected chi connectivity index (χ3v) is 2.15. The molecule has 2 aromatic rings. The smallest absolute Gasteiger partial charge is 0.162 e. The van der Waals surface area contributed by atoms with Gasteiger partial charge in [0.1, 0.15) is 5.76 Å². The van der Waals surface area contributed by atoms with Crippen LogP contribution < -0.4 is 0 Å². The summed E-state index contributed by atoms with van der Waals surface area (Å²) in [5.74, 6) is 0.617. The zero-order valence-electron chi connectivity index (χ0n) is 8.88. The predicted octanol–water partition coefficient (Wildman–Crippen LogP) is 2.80. The van der Waals surface area contributed by atoms with Gasteiger partial charge in [-0.05, 0) is 37.3 Å². The molecule has 3 nitrogen and oxygen atoms in total. The van der Waals surface area contributed by atoms with E-state index in [1.807, 2.05) is 12.1 Å². The molecule has 0 bridgehead atoms. The van der Waals surface area contributed by atoms with Gasteiger partial charge in [-0.2, -0.15) is 0 Å². The second kappa shape index (κ2) is 4.57. The Morgan fingerprint density at radius 2 is 2.19 bits per heavy atom. The van der Waals surface area contributed by atoms with Gasteiger partial charge < -0.3 is 4.42 Å². The summed E-state index contributed by atoms with van der Waals surface area (Å²) < 4.78 is 5.18. The Hall–Kier alpha value is -2.16. The molecule has 3 heteroatoms. The largest absolute Gasteiger partial charge is 0.465 e. The highest BCUT2D eigenvalue weighted by Crippen LogP contribution is 2.17. The van der Waals surface area contributed by atoms with E-state index < -0.39 is 0 Å². The molecule has 2 rings (SSSR count). The molecule has 0 radical (unpaired) electrons. The summed E-state index contributed by atoms with van der Waals surface area (Å²) in [5, 5.41) is 0. The highest BCUT2D eigenvalue weighted by Gasteiger charge is 2.08. The van der Waals surface area contributed by atoms with Crippen molar-refractivity contribution in [2.75, 3.05) is 0 Å².